The van der Waals surface area contributed by atoms with Gasteiger partial charge in [0, 0.05) is 5.56 Å². The molecule has 0 bridgehead atoms. The van der Waals surface area contributed by atoms with Crippen molar-refractivity contribution < 1.29 is 14.3 Å². The molecule has 3 nitrogen and oxygen atoms in total. The van der Waals surface area contributed by atoms with E-state index in [0.717, 1.165) is 5.56 Å². The molecule has 104 valence electrons. The molecule has 0 saturated carbocycles. The molecule has 2 rings (SSSR count). The van der Waals surface area contributed by atoms with Crippen molar-refractivity contribution >= 4 is 5.91 Å². The number of carbonyl (C=O) groups is 1. The summed E-state index contributed by atoms with van der Waals surface area (Å²) in [6.07, 6.45) is 0. The summed E-state index contributed by atoms with van der Waals surface area (Å²) in [5.41, 5.74) is -0.0774. The van der Waals surface area contributed by atoms with Crippen LogP contribution in [0.25, 0.3) is 0 Å². The molecule has 2 aromatic carbocycles. The summed E-state index contributed by atoms with van der Waals surface area (Å²) in [6.45, 7) is 1.71. The van der Waals surface area contributed by atoms with Crippen LogP contribution in [0.5, 0.6) is 0 Å². The summed E-state index contributed by atoms with van der Waals surface area (Å²) in [4.78, 5) is 11.9. The minimum Gasteiger partial charge on any atom is -0.384 e. The van der Waals surface area contributed by atoms with Crippen molar-refractivity contribution in [2.24, 2.45) is 0 Å². The smallest absolute Gasteiger partial charge is 0.251 e. The summed E-state index contributed by atoms with van der Waals surface area (Å²) < 4.78 is 12.8. The molecule has 0 spiro atoms. The highest BCUT2D eigenvalue weighted by molar-refractivity contribution is 5.94. The van der Waals surface area contributed by atoms with E-state index in [1.165, 1.54) is 24.3 Å². The molecule has 0 saturated heterocycles. The van der Waals surface area contributed by atoms with Crippen molar-refractivity contribution in [1.29, 1.82) is 0 Å². The summed E-state index contributed by atoms with van der Waals surface area (Å²) in [7, 11) is 0. The van der Waals surface area contributed by atoms with Crippen LogP contribution in [0.4, 0.5) is 4.39 Å². The van der Waals surface area contributed by atoms with Crippen LogP contribution in [0.2, 0.25) is 0 Å². The predicted octanol–water partition coefficient (Wildman–Crippen LogP) is 2.46. The fourth-order valence-corrected chi connectivity index (χ4v) is 1.85. The Hall–Kier alpha value is -2.20. The number of hydrogen-bond acceptors (Lipinski definition) is 2. The number of halogens is 1. The number of aliphatic hydroxyl groups is 1. The lowest BCUT2D eigenvalue weighted by Crippen LogP contribution is -2.38. The zero-order valence-electron chi connectivity index (χ0n) is 11.1. The molecule has 1 atom stereocenters. The van der Waals surface area contributed by atoms with Gasteiger partial charge in [-0.1, -0.05) is 30.3 Å². The molecule has 0 aromatic heterocycles. The van der Waals surface area contributed by atoms with Crippen LogP contribution in [0, 0.1) is 5.82 Å². The first-order valence-corrected chi connectivity index (χ1v) is 6.31. The number of benzene rings is 2. The number of hydrogen-bond donors (Lipinski definition) is 2. The van der Waals surface area contributed by atoms with Crippen molar-refractivity contribution in [3.05, 3.63) is 71.5 Å². The van der Waals surface area contributed by atoms with Crippen LogP contribution in [0.15, 0.2) is 54.6 Å². The second-order valence-corrected chi connectivity index (χ2v) is 4.83. The summed E-state index contributed by atoms with van der Waals surface area (Å²) in [5.74, 6) is -0.737. The third-order valence-electron chi connectivity index (χ3n) is 3.10. The Morgan fingerprint density at radius 3 is 2.35 bits per heavy atom. The Labute approximate surface area is 117 Å². The Kier molecular flexibility index (Phi) is 4.15. The number of amides is 1. The van der Waals surface area contributed by atoms with E-state index in [1.807, 2.05) is 18.2 Å². The Morgan fingerprint density at radius 1 is 1.15 bits per heavy atom. The molecule has 0 aliphatic rings. The third-order valence-corrected chi connectivity index (χ3v) is 3.10. The number of rotatable bonds is 4. The normalized spacial score (nSPS) is 13.6. The highest BCUT2D eigenvalue weighted by Crippen LogP contribution is 2.19. The highest BCUT2D eigenvalue weighted by atomic mass is 19.1. The molecular weight excluding hydrogens is 257 g/mol. The second-order valence-electron chi connectivity index (χ2n) is 4.83. The molecule has 0 aliphatic heterocycles. The summed E-state index contributed by atoms with van der Waals surface area (Å²) in [6, 6.07) is 14.4. The second kappa shape index (κ2) is 5.84. The van der Waals surface area contributed by atoms with Crippen LogP contribution < -0.4 is 5.32 Å². The fraction of sp³-hybridized carbons (Fsp3) is 0.188. The molecule has 0 heterocycles. The largest absolute Gasteiger partial charge is 0.384 e. The zero-order valence-corrected chi connectivity index (χ0v) is 11.1. The van der Waals surface area contributed by atoms with Gasteiger partial charge in [-0.3, -0.25) is 4.79 Å². The molecule has 1 amide bonds. The maximum atomic E-state index is 12.8. The monoisotopic (exact) mass is 273 g/mol. The molecule has 1 unspecified atom stereocenters. The van der Waals surface area contributed by atoms with Gasteiger partial charge in [-0.25, -0.2) is 4.39 Å². The quantitative estimate of drug-likeness (QED) is 0.899. The van der Waals surface area contributed by atoms with E-state index in [1.54, 1.807) is 19.1 Å². The minimum absolute atomic E-state index is 0.0766. The van der Waals surface area contributed by atoms with E-state index in [-0.39, 0.29) is 12.5 Å². The van der Waals surface area contributed by atoms with E-state index >= 15 is 0 Å². The minimum atomic E-state index is -1.16. The van der Waals surface area contributed by atoms with Crippen molar-refractivity contribution in [2.75, 3.05) is 6.54 Å². The summed E-state index contributed by atoms with van der Waals surface area (Å²) >= 11 is 0. The van der Waals surface area contributed by atoms with Crippen molar-refractivity contribution in [2.45, 2.75) is 12.5 Å². The first-order valence-electron chi connectivity index (χ1n) is 6.31. The van der Waals surface area contributed by atoms with Gasteiger partial charge in [0.05, 0.1) is 6.54 Å². The van der Waals surface area contributed by atoms with Gasteiger partial charge in [0.1, 0.15) is 11.4 Å². The van der Waals surface area contributed by atoms with Crippen molar-refractivity contribution in [1.82, 2.24) is 5.32 Å². The van der Waals surface area contributed by atoms with Gasteiger partial charge in [-0.15, -0.1) is 0 Å². The third kappa shape index (κ3) is 3.42. The maximum absolute atomic E-state index is 12.8. The van der Waals surface area contributed by atoms with Gasteiger partial charge in [0.15, 0.2) is 0 Å². The Balaban J connectivity index is 2.01. The summed E-state index contributed by atoms with van der Waals surface area (Å²) in [5, 5.41) is 13.0. The van der Waals surface area contributed by atoms with E-state index in [9.17, 15) is 14.3 Å². The van der Waals surface area contributed by atoms with Gasteiger partial charge >= 0.3 is 0 Å². The first kappa shape index (κ1) is 14.2. The van der Waals surface area contributed by atoms with Crippen LogP contribution in [-0.2, 0) is 5.60 Å². The molecule has 20 heavy (non-hydrogen) atoms. The number of carbonyl (C=O) groups excluding carboxylic acids is 1. The van der Waals surface area contributed by atoms with Gasteiger partial charge < -0.3 is 10.4 Å². The highest BCUT2D eigenvalue weighted by Gasteiger charge is 2.23. The lowest BCUT2D eigenvalue weighted by atomic mass is 9.96. The average molecular weight is 273 g/mol. The molecule has 2 N–H and O–H groups in total. The van der Waals surface area contributed by atoms with Crippen LogP contribution in [0.1, 0.15) is 22.8 Å². The van der Waals surface area contributed by atoms with E-state index in [2.05, 4.69) is 5.32 Å². The lowest BCUT2D eigenvalue weighted by molar-refractivity contribution is 0.0526. The van der Waals surface area contributed by atoms with E-state index in [0.29, 0.717) is 5.56 Å². The van der Waals surface area contributed by atoms with Gasteiger partial charge in [0.25, 0.3) is 5.91 Å². The van der Waals surface area contributed by atoms with Gasteiger partial charge in [0.2, 0.25) is 0 Å². The van der Waals surface area contributed by atoms with Crippen LogP contribution >= 0.6 is 0 Å². The molecule has 0 fully saturated rings. The SMILES string of the molecule is CC(O)(CNC(=O)c1ccc(F)cc1)c1ccccc1. The van der Waals surface area contributed by atoms with Crippen molar-refractivity contribution in [3.63, 3.8) is 0 Å². The van der Waals surface area contributed by atoms with Crippen molar-refractivity contribution in [3.8, 4) is 0 Å². The topological polar surface area (TPSA) is 49.3 Å². The molecule has 2 aromatic rings. The first-order chi connectivity index (χ1) is 9.49. The molecule has 0 radical (unpaired) electrons. The van der Waals surface area contributed by atoms with Crippen LogP contribution in [-0.4, -0.2) is 17.6 Å². The van der Waals surface area contributed by atoms with Crippen LogP contribution in [0.3, 0.4) is 0 Å². The van der Waals surface area contributed by atoms with Gasteiger partial charge in [-0.2, -0.15) is 0 Å². The maximum Gasteiger partial charge on any atom is 0.251 e. The van der Waals surface area contributed by atoms with E-state index < -0.39 is 11.4 Å². The zero-order chi connectivity index (χ0) is 14.6. The standard InChI is InChI=1S/C16H16FNO2/c1-16(20,13-5-3-2-4-6-13)11-18-15(19)12-7-9-14(17)10-8-12/h2-10,20H,11H2,1H3,(H,18,19). The fourth-order valence-electron chi connectivity index (χ4n) is 1.85. The number of nitrogens with one attached hydrogen (secondary N) is 1. The Morgan fingerprint density at radius 2 is 1.75 bits per heavy atom. The lowest BCUT2D eigenvalue weighted by Gasteiger charge is -2.24. The Bertz CT molecular complexity index is 579. The average Bonchev–Trinajstić information content (AvgIpc) is 2.46. The van der Waals surface area contributed by atoms with E-state index in [4.69, 9.17) is 0 Å². The predicted molar refractivity (Wildman–Crippen MR) is 74.7 cm³/mol. The molecule has 0 aliphatic carbocycles. The molecular formula is C16H16FNO2. The molecule has 4 heteroatoms. The van der Waals surface area contributed by atoms with Gasteiger partial charge in [-0.05, 0) is 36.8 Å².